The lowest BCUT2D eigenvalue weighted by molar-refractivity contribution is -0.685. The number of hydrogen-bond donors (Lipinski definition) is 0. The second-order valence-corrected chi connectivity index (χ2v) is 7.97. The summed E-state index contributed by atoms with van der Waals surface area (Å²) in [7, 11) is 8.16. The third-order valence-corrected chi connectivity index (χ3v) is 5.11. The van der Waals surface area contributed by atoms with Crippen LogP contribution < -0.4 is 14.5 Å². The molecule has 3 rings (SSSR count). The average Bonchev–Trinajstić information content (AvgIpc) is 3.16. The normalized spacial score (nSPS) is 11.5. The van der Waals surface area contributed by atoms with E-state index >= 15 is 0 Å². The zero-order valence-electron chi connectivity index (χ0n) is 19.2. The van der Waals surface area contributed by atoms with Gasteiger partial charge in [-0.05, 0) is 41.8 Å². The summed E-state index contributed by atoms with van der Waals surface area (Å²) in [6, 6.07) is 16.7. The molecular formula is C25H33N6+. The Morgan fingerprint density at radius 3 is 1.90 bits per heavy atom. The SMILES string of the molecule is CCCCc1n(/N=C\c2ccc(N(C)C)cc2)cc[n+]1/N=C\c1ccc(N(C)C)cc1. The van der Waals surface area contributed by atoms with E-state index in [-0.39, 0.29) is 0 Å². The third kappa shape index (κ3) is 6.04. The Balaban J connectivity index is 1.80. The van der Waals surface area contributed by atoms with Gasteiger partial charge in [0, 0.05) is 39.6 Å². The van der Waals surface area contributed by atoms with Gasteiger partial charge in [0.05, 0.1) is 18.9 Å². The van der Waals surface area contributed by atoms with Crippen molar-refractivity contribution in [1.82, 2.24) is 4.68 Å². The highest BCUT2D eigenvalue weighted by Gasteiger charge is 2.16. The number of hydrogen-bond acceptors (Lipinski definition) is 4. The van der Waals surface area contributed by atoms with Crippen molar-refractivity contribution in [3.8, 4) is 0 Å². The molecule has 0 radical (unpaired) electrons. The lowest BCUT2D eigenvalue weighted by Gasteiger charge is -2.11. The molecular weight excluding hydrogens is 384 g/mol. The molecule has 2 aromatic carbocycles. The Bertz CT molecular complexity index is 932. The minimum Gasteiger partial charge on any atom is -0.378 e. The summed E-state index contributed by atoms with van der Waals surface area (Å²) >= 11 is 0. The van der Waals surface area contributed by atoms with E-state index in [1.807, 2.05) is 62.4 Å². The highest BCUT2D eigenvalue weighted by molar-refractivity contribution is 5.80. The fourth-order valence-electron chi connectivity index (χ4n) is 3.15. The Labute approximate surface area is 185 Å². The number of unbranched alkanes of at least 4 members (excludes halogenated alkanes) is 1. The van der Waals surface area contributed by atoms with Crippen molar-refractivity contribution in [2.45, 2.75) is 26.2 Å². The summed E-state index contributed by atoms with van der Waals surface area (Å²) in [5.41, 5.74) is 4.48. The maximum atomic E-state index is 4.69. The van der Waals surface area contributed by atoms with Crippen LogP contribution in [0.15, 0.2) is 71.1 Å². The number of benzene rings is 2. The van der Waals surface area contributed by atoms with E-state index in [0.29, 0.717) is 0 Å². The molecule has 0 saturated heterocycles. The van der Waals surface area contributed by atoms with E-state index in [4.69, 9.17) is 0 Å². The zero-order chi connectivity index (χ0) is 22.2. The van der Waals surface area contributed by atoms with E-state index < -0.39 is 0 Å². The molecule has 162 valence electrons. The van der Waals surface area contributed by atoms with E-state index in [2.05, 4.69) is 75.5 Å². The van der Waals surface area contributed by atoms with Crippen LogP contribution >= 0.6 is 0 Å². The molecule has 0 aliphatic rings. The summed E-state index contributed by atoms with van der Waals surface area (Å²) in [4.78, 5) is 4.18. The summed E-state index contributed by atoms with van der Waals surface area (Å²) in [5, 5.41) is 9.38. The van der Waals surface area contributed by atoms with Crippen molar-refractivity contribution in [2.24, 2.45) is 10.2 Å². The first kappa shape index (κ1) is 22.3. The second kappa shape index (κ2) is 10.6. The van der Waals surface area contributed by atoms with Gasteiger partial charge in [0.15, 0.2) is 12.4 Å². The zero-order valence-corrected chi connectivity index (χ0v) is 19.2. The van der Waals surface area contributed by atoms with Crippen LogP contribution in [0.4, 0.5) is 11.4 Å². The van der Waals surface area contributed by atoms with Crippen LogP contribution in [0.3, 0.4) is 0 Å². The monoisotopic (exact) mass is 417 g/mol. The van der Waals surface area contributed by atoms with Crippen LogP contribution in [-0.4, -0.2) is 45.3 Å². The Kier molecular flexibility index (Phi) is 7.60. The van der Waals surface area contributed by atoms with E-state index in [0.717, 1.165) is 36.2 Å². The van der Waals surface area contributed by atoms with Crippen LogP contribution in [0.1, 0.15) is 36.7 Å². The average molecular weight is 418 g/mol. The predicted octanol–water partition coefficient (Wildman–Crippen LogP) is 4.01. The van der Waals surface area contributed by atoms with Gasteiger partial charge in [-0.3, -0.25) is 0 Å². The number of rotatable bonds is 9. The van der Waals surface area contributed by atoms with Crippen molar-refractivity contribution in [3.05, 3.63) is 77.9 Å². The molecule has 6 heteroatoms. The summed E-state index contributed by atoms with van der Waals surface area (Å²) in [6.45, 7) is 2.20. The van der Waals surface area contributed by atoms with Gasteiger partial charge in [0.1, 0.15) is 0 Å². The van der Waals surface area contributed by atoms with Gasteiger partial charge in [-0.25, -0.2) is 0 Å². The van der Waals surface area contributed by atoms with Crippen LogP contribution in [-0.2, 0) is 6.42 Å². The molecule has 0 N–H and O–H groups in total. The fourth-order valence-corrected chi connectivity index (χ4v) is 3.15. The summed E-state index contributed by atoms with van der Waals surface area (Å²) < 4.78 is 3.84. The summed E-state index contributed by atoms with van der Waals surface area (Å²) in [5.74, 6) is 1.06. The predicted molar refractivity (Wildman–Crippen MR) is 131 cm³/mol. The summed E-state index contributed by atoms with van der Waals surface area (Å²) in [6.07, 6.45) is 10.8. The van der Waals surface area contributed by atoms with Crippen molar-refractivity contribution in [1.29, 1.82) is 0 Å². The largest absolute Gasteiger partial charge is 0.378 e. The molecule has 0 unspecified atom stereocenters. The Morgan fingerprint density at radius 2 is 1.39 bits per heavy atom. The van der Waals surface area contributed by atoms with Crippen LogP contribution in [0.2, 0.25) is 0 Å². The molecule has 3 aromatic rings. The van der Waals surface area contributed by atoms with Crippen molar-refractivity contribution in [3.63, 3.8) is 0 Å². The molecule has 0 aliphatic heterocycles. The van der Waals surface area contributed by atoms with E-state index in [1.165, 1.54) is 11.4 Å². The van der Waals surface area contributed by atoms with Crippen LogP contribution in [0.5, 0.6) is 0 Å². The molecule has 0 fully saturated rings. The van der Waals surface area contributed by atoms with Crippen LogP contribution in [0.25, 0.3) is 0 Å². The van der Waals surface area contributed by atoms with Crippen molar-refractivity contribution in [2.75, 3.05) is 38.0 Å². The molecule has 1 heterocycles. The van der Waals surface area contributed by atoms with Gasteiger partial charge < -0.3 is 9.80 Å². The van der Waals surface area contributed by atoms with Gasteiger partial charge in [0.25, 0.3) is 0 Å². The first-order valence-electron chi connectivity index (χ1n) is 10.7. The number of aromatic nitrogens is 2. The lowest BCUT2D eigenvalue weighted by atomic mass is 10.2. The molecule has 6 nitrogen and oxygen atoms in total. The Morgan fingerprint density at radius 1 is 0.839 bits per heavy atom. The minimum absolute atomic E-state index is 0.914. The number of imidazole rings is 1. The molecule has 0 saturated carbocycles. The molecule has 0 spiro atoms. The molecule has 0 aliphatic carbocycles. The first-order chi connectivity index (χ1) is 15.0. The van der Waals surface area contributed by atoms with Gasteiger partial charge in [-0.2, -0.15) is 0 Å². The molecule has 0 atom stereocenters. The first-order valence-corrected chi connectivity index (χ1v) is 10.7. The number of nitrogens with zero attached hydrogens (tertiary/aromatic N) is 6. The molecule has 31 heavy (non-hydrogen) atoms. The van der Waals surface area contributed by atoms with Crippen molar-refractivity contribution >= 4 is 23.8 Å². The van der Waals surface area contributed by atoms with Gasteiger partial charge in [-0.15, -0.1) is 9.35 Å². The topological polar surface area (TPSA) is 40.0 Å². The highest BCUT2D eigenvalue weighted by atomic mass is 15.5. The third-order valence-electron chi connectivity index (χ3n) is 5.11. The highest BCUT2D eigenvalue weighted by Crippen LogP contribution is 2.12. The van der Waals surface area contributed by atoms with Gasteiger partial charge >= 0.3 is 5.82 Å². The van der Waals surface area contributed by atoms with Gasteiger partial charge in [-0.1, -0.05) is 47.8 Å². The fraction of sp³-hybridized carbons (Fsp3) is 0.320. The second-order valence-electron chi connectivity index (χ2n) is 7.97. The standard InChI is InChI=1S/C25H33N6/c1-6-7-8-25-30(26-19-21-9-13-23(14-10-21)28(2)3)17-18-31(25)27-20-22-11-15-24(16-12-22)29(4)5/h9-20H,6-8H2,1-5H3/q+1/b26-19-,27-20-. The van der Waals surface area contributed by atoms with Crippen LogP contribution in [0, 0.1) is 0 Å². The van der Waals surface area contributed by atoms with E-state index in [1.54, 1.807) is 0 Å². The molecule has 0 amide bonds. The molecule has 0 bridgehead atoms. The van der Waals surface area contributed by atoms with Crippen molar-refractivity contribution < 1.29 is 4.68 Å². The quantitative estimate of drug-likeness (QED) is 0.390. The minimum atomic E-state index is 0.914. The van der Waals surface area contributed by atoms with E-state index in [9.17, 15) is 0 Å². The smallest absolute Gasteiger partial charge is 0.307 e. The number of anilines is 2. The maximum absolute atomic E-state index is 4.69. The molecule has 1 aromatic heterocycles. The maximum Gasteiger partial charge on any atom is 0.307 e. The Hall–Kier alpha value is -3.41. The van der Waals surface area contributed by atoms with Gasteiger partial charge in [0.2, 0.25) is 0 Å². The lowest BCUT2D eigenvalue weighted by Crippen LogP contribution is -2.31.